The van der Waals surface area contributed by atoms with Gasteiger partial charge in [-0.1, -0.05) is 115 Å². The van der Waals surface area contributed by atoms with Crippen LogP contribution >= 0.6 is 0 Å². The highest BCUT2D eigenvalue weighted by molar-refractivity contribution is 5.75. The van der Waals surface area contributed by atoms with E-state index in [1.54, 1.807) is 7.11 Å². The summed E-state index contributed by atoms with van der Waals surface area (Å²) < 4.78 is 13.9. The molecule has 0 fully saturated rings. The van der Waals surface area contributed by atoms with Gasteiger partial charge in [0.15, 0.2) is 11.5 Å². The largest absolute Gasteiger partial charge is 0.493 e. The summed E-state index contributed by atoms with van der Waals surface area (Å²) in [7, 11) is 1.67. The first-order valence-corrected chi connectivity index (χ1v) is 14.0. The summed E-state index contributed by atoms with van der Waals surface area (Å²) in [5, 5.41) is 0. The fourth-order valence-corrected chi connectivity index (χ4v) is 4.83. The number of aromatic nitrogens is 2. The molecule has 0 unspecified atom stereocenters. The van der Waals surface area contributed by atoms with E-state index in [0.29, 0.717) is 6.61 Å². The van der Waals surface area contributed by atoms with Gasteiger partial charge in [0.05, 0.1) is 18.1 Å². The number of methoxy groups -OCH3 is 1. The Morgan fingerprint density at radius 2 is 1.20 bits per heavy atom. The topological polar surface area (TPSA) is 36.3 Å². The number of para-hydroxylation sites is 4. The molecule has 0 saturated carbocycles. The van der Waals surface area contributed by atoms with E-state index in [0.717, 1.165) is 29.4 Å². The number of hydrogen-bond donors (Lipinski definition) is 0. The number of aryl methyl sites for hydroxylation is 1. The molecule has 35 heavy (non-hydrogen) atoms. The minimum atomic E-state index is 0.438. The van der Waals surface area contributed by atoms with Crippen molar-refractivity contribution in [2.24, 2.45) is 0 Å². The molecule has 1 heterocycles. The van der Waals surface area contributed by atoms with Crippen molar-refractivity contribution in [1.82, 2.24) is 9.55 Å². The summed E-state index contributed by atoms with van der Waals surface area (Å²) in [5.41, 5.74) is 2.23. The lowest BCUT2D eigenvalue weighted by molar-refractivity contribution is 0.271. The number of fused-ring (bicyclic) bond motifs is 1. The molecule has 2 aromatic carbocycles. The van der Waals surface area contributed by atoms with Crippen LogP contribution in [0.5, 0.6) is 11.5 Å². The van der Waals surface area contributed by atoms with Crippen molar-refractivity contribution in [3.63, 3.8) is 0 Å². The predicted octanol–water partition coefficient (Wildman–Crippen LogP) is 9.11. The molecular weight excluding hydrogens is 432 g/mol. The van der Waals surface area contributed by atoms with E-state index in [-0.39, 0.29) is 0 Å². The van der Waals surface area contributed by atoms with Crippen molar-refractivity contribution in [2.75, 3.05) is 7.11 Å². The first-order chi connectivity index (χ1) is 17.3. The molecule has 0 aliphatic rings. The number of benzene rings is 2. The van der Waals surface area contributed by atoms with Crippen molar-refractivity contribution in [2.45, 2.75) is 110 Å². The summed E-state index contributed by atoms with van der Waals surface area (Å²) in [4.78, 5) is 4.86. The average molecular weight is 479 g/mol. The van der Waals surface area contributed by atoms with Crippen LogP contribution in [0.4, 0.5) is 0 Å². The molecule has 4 nitrogen and oxygen atoms in total. The Kier molecular flexibility index (Phi) is 12.6. The molecular formula is C31H46N2O2. The monoisotopic (exact) mass is 478 g/mol. The fraction of sp³-hybridized carbons (Fsp3) is 0.581. The Morgan fingerprint density at radius 1 is 0.657 bits per heavy atom. The molecule has 0 spiro atoms. The van der Waals surface area contributed by atoms with Crippen molar-refractivity contribution >= 4 is 11.0 Å². The molecule has 192 valence electrons. The fourth-order valence-electron chi connectivity index (χ4n) is 4.83. The Hall–Kier alpha value is -2.49. The lowest BCUT2D eigenvalue weighted by Crippen LogP contribution is -2.08. The van der Waals surface area contributed by atoms with Crippen LogP contribution in [-0.4, -0.2) is 16.7 Å². The third-order valence-electron chi connectivity index (χ3n) is 6.89. The van der Waals surface area contributed by atoms with Gasteiger partial charge in [-0.15, -0.1) is 0 Å². The van der Waals surface area contributed by atoms with Crippen LogP contribution < -0.4 is 9.47 Å². The number of hydrogen-bond acceptors (Lipinski definition) is 3. The highest BCUT2D eigenvalue weighted by atomic mass is 16.5. The highest BCUT2D eigenvalue weighted by Gasteiger charge is 2.12. The lowest BCUT2D eigenvalue weighted by Gasteiger charge is -2.12. The maximum atomic E-state index is 6.10. The van der Waals surface area contributed by atoms with E-state index in [2.05, 4.69) is 35.8 Å². The molecule has 0 aliphatic carbocycles. The highest BCUT2D eigenvalue weighted by Crippen LogP contribution is 2.27. The molecule has 4 heteroatoms. The average Bonchev–Trinajstić information content (AvgIpc) is 3.25. The first kappa shape index (κ1) is 27.1. The van der Waals surface area contributed by atoms with Crippen LogP contribution in [-0.2, 0) is 13.2 Å². The van der Waals surface area contributed by atoms with Crippen LogP contribution in [0.25, 0.3) is 11.0 Å². The molecule has 0 saturated heterocycles. The van der Waals surface area contributed by atoms with Gasteiger partial charge < -0.3 is 14.0 Å². The van der Waals surface area contributed by atoms with Gasteiger partial charge in [-0.25, -0.2) is 4.98 Å². The van der Waals surface area contributed by atoms with Crippen molar-refractivity contribution < 1.29 is 9.47 Å². The zero-order chi connectivity index (χ0) is 24.6. The quantitative estimate of drug-likeness (QED) is 0.161. The van der Waals surface area contributed by atoms with E-state index in [9.17, 15) is 0 Å². The minimum Gasteiger partial charge on any atom is -0.493 e. The Morgan fingerprint density at radius 3 is 1.83 bits per heavy atom. The van der Waals surface area contributed by atoms with Gasteiger partial charge in [-0.3, -0.25) is 0 Å². The van der Waals surface area contributed by atoms with Crippen LogP contribution in [0.2, 0.25) is 0 Å². The van der Waals surface area contributed by atoms with Gasteiger partial charge in [0.2, 0.25) is 0 Å². The number of rotatable bonds is 19. The van der Waals surface area contributed by atoms with E-state index in [1.165, 1.54) is 95.4 Å². The van der Waals surface area contributed by atoms with E-state index in [4.69, 9.17) is 14.5 Å². The van der Waals surface area contributed by atoms with Gasteiger partial charge in [-0.05, 0) is 30.7 Å². The summed E-state index contributed by atoms with van der Waals surface area (Å²) >= 11 is 0. The van der Waals surface area contributed by atoms with E-state index >= 15 is 0 Å². The molecule has 0 radical (unpaired) electrons. The Labute approximate surface area is 213 Å². The molecule has 3 aromatic rings. The number of ether oxygens (including phenoxy) is 2. The first-order valence-electron chi connectivity index (χ1n) is 14.0. The smallest absolute Gasteiger partial charge is 0.161 e. The molecule has 0 aliphatic heterocycles. The summed E-state index contributed by atoms with van der Waals surface area (Å²) in [6, 6.07) is 16.2. The van der Waals surface area contributed by atoms with Crippen LogP contribution in [0.1, 0.15) is 103 Å². The molecule has 3 rings (SSSR count). The van der Waals surface area contributed by atoms with E-state index in [1.807, 2.05) is 24.3 Å². The normalized spacial score (nSPS) is 11.3. The molecule has 1 aromatic heterocycles. The summed E-state index contributed by atoms with van der Waals surface area (Å²) in [5.74, 6) is 2.49. The lowest BCUT2D eigenvalue weighted by atomic mass is 10.0. The SMILES string of the molecule is CCCCCCCCCCCCCCCCn1c(COc2ccccc2OC)nc2ccccc21. The standard InChI is InChI=1S/C31H46N2O2/c1-3-4-5-6-7-8-9-10-11-12-13-14-15-20-25-33-28-22-17-16-21-27(28)32-31(33)26-35-30-24-19-18-23-29(30)34-2/h16-19,21-24H,3-15,20,25-26H2,1-2H3. The van der Waals surface area contributed by atoms with Gasteiger partial charge >= 0.3 is 0 Å². The summed E-state index contributed by atoms with van der Waals surface area (Å²) in [6.07, 6.45) is 19.3. The number of unbranched alkanes of at least 4 members (excludes halogenated alkanes) is 13. The van der Waals surface area contributed by atoms with Crippen molar-refractivity contribution in [3.8, 4) is 11.5 Å². The third kappa shape index (κ3) is 9.23. The van der Waals surface area contributed by atoms with Crippen molar-refractivity contribution in [1.29, 1.82) is 0 Å². The van der Waals surface area contributed by atoms with E-state index < -0.39 is 0 Å². The molecule has 0 N–H and O–H groups in total. The van der Waals surface area contributed by atoms with Crippen LogP contribution in [0.15, 0.2) is 48.5 Å². The van der Waals surface area contributed by atoms with Gasteiger partial charge in [0.1, 0.15) is 12.4 Å². The van der Waals surface area contributed by atoms with Gasteiger partial charge in [0, 0.05) is 6.54 Å². The zero-order valence-corrected chi connectivity index (χ0v) is 22.1. The maximum Gasteiger partial charge on any atom is 0.161 e. The zero-order valence-electron chi connectivity index (χ0n) is 22.1. The van der Waals surface area contributed by atoms with Crippen molar-refractivity contribution in [3.05, 3.63) is 54.4 Å². The Balaban J connectivity index is 1.36. The minimum absolute atomic E-state index is 0.438. The molecule has 0 bridgehead atoms. The predicted molar refractivity (Wildman–Crippen MR) is 147 cm³/mol. The van der Waals surface area contributed by atoms with Gasteiger partial charge in [-0.2, -0.15) is 0 Å². The van der Waals surface area contributed by atoms with Crippen LogP contribution in [0.3, 0.4) is 0 Å². The second-order valence-electron chi connectivity index (χ2n) is 9.70. The third-order valence-corrected chi connectivity index (χ3v) is 6.89. The number of imidazole rings is 1. The molecule has 0 atom stereocenters. The van der Waals surface area contributed by atoms with Crippen LogP contribution in [0, 0.1) is 0 Å². The Bertz CT molecular complexity index is 966. The summed E-state index contributed by atoms with van der Waals surface area (Å²) in [6.45, 7) is 3.72. The second kappa shape index (κ2) is 16.2. The maximum absolute atomic E-state index is 6.10. The second-order valence-corrected chi connectivity index (χ2v) is 9.70. The molecule has 0 amide bonds. The van der Waals surface area contributed by atoms with Gasteiger partial charge in [0.25, 0.3) is 0 Å². The number of nitrogens with zero attached hydrogens (tertiary/aromatic N) is 2.